The van der Waals surface area contributed by atoms with E-state index in [4.69, 9.17) is 25.4 Å². The van der Waals surface area contributed by atoms with Crippen LogP contribution in [-0.2, 0) is 14.6 Å². The molecule has 1 heterocycles. The van der Waals surface area contributed by atoms with Gasteiger partial charge < -0.3 is 13.8 Å². The molecule has 1 N–H and O–H groups in total. The van der Waals surface area contributed by atoms with Crippen LogP contribution in [0.15, 0.2) is 46.4 Å². The van der Waals surface area contributed by atoms with E-state index in [1.54, 1.807) is 18.3 Å². The summed E-state index contributed by atoms with van der Waals surface area (Å²) in [5.41, 5.74) is 1.94. The minimum atomic E-state index is -0.701. The molecule has 0 radical (unpaired) electrons. The Hall–Kier alpha value is -2.38. The number of hydrogen-bond donors (Lipinski definition) is 1. The zero-order valence-corrected chi connectivity index (χ0v) is 18.1. The molecule has 0 spiro atoms. The van der Waals surface area contributed by atoms with Crippen LogP contribution in [0.4, 0.5) is 10.5 Å². The summed E-state index contributed by atoms with van der Waals surface area (Å²) in [4.78, 5) is 12.6. The van der Waals surface area contributed by atoms with Gasteiger partial charge in [-0.05, 0) is 75.6 Å². The first-order valence-electron chi connectivity index (χ1n) is 9.24. The number of hydrogen-bond acceptors (Lipinski definition) is 6. The van der Waals surface area contributed by atoms with Gasteiger partial charge in [-0.2, -0.15) is 0 Å². The quantitative estimate of drug-likeness (QED) is 0.228. The molecule has 1 aliphatic rings. The lowest BCUT2D eigenvalue weighted by atomic mass is 9.92. The van der Waals surface area contributed by atoms with Crippen molar-refractivity contribution in [3.8, 4) is 5.75 Å². The van der Waals surface area contributed by atoms with Gasteiger partial charge >= 0.3 is 6.09 Å². The van der Waals surface area contributed by atoms with E-state index in [0.717, 1.165) is 40.3 Å². The Morgan fingerprint density at radius 1 is 1.28 bits per heavy atom. The molecule has 0 saturated carbocycles. The number of nitrogens with zero attached hydrogens (tertiary/aromatic N) is 1. The average Bonchev–Trinajstić information content (AvgIpc) is 2.66. The average molecular weight is 435 g/mol. The van der Waals surface area contributed by atoms with Crippen molar-refractivity contribution in [2.24, 2.45) is 5.16 Å². The molecule has 0 aromatic heterocycles. The van der Waals surface area contributed by atoms with Gasteiger partial charge in [0.05, 0.1) is 17.2 Å². The summed E-state index contributed by atoms with van der Waals surface area (Å²) in [6, 6.07) is 11.2. The van der Waals surface area contributed by atoms with Crippen LogP contribution < -0.4 is 10.1 Å². The molecule has 6 nitrogen and oxygen atoms in total. The van der Waals surface area contributed by atoms with Gasteiger partial charge in [-0.1, -0.05) is 16.8 Å². The van der Waals surface area contributed by atoms with Crippen LogP contribution in [0.5, 0.6) is 5.75 Å². The first-order valence-corrected chi connectivity index (χ1v) is 10.4. The summed E-state index contributed by atoms with van der Waals surface area (Å²) < 4.78 is 16.4. The monoisotopic (exact) mass is 434 g/mol. The molecule has 1 amide bonds. The van der Waals surface area contributed by atoms with E-state index in [1.807, 2.05) is 45.0 Å². The standard InChI is InChI=1S/C21H23ClN2O4S/c1-14-12-16(13-18-19(14)24-20(25)27-21(18,2)3)26-11-5-4-10-23-28-29-17-8-6-15(22)7-9-17/h6-10,12-13H,4-5,11H2,1-3H3,(H,24,25). The van der Waals surface area contributed by atoms with E-state index in [0.29, 0.717) is 11.6 Å². The van der Waals surface area contributed by atoms with Gasteiger partial charge in [-0.15, -0.1) is 0 Å². The largest absolute Gasteiger partial charge is 0.494 e. The van der Waals surface area contributed by atoms with Gasteiger partial charge in [0, 0.05) is 16.8 Å². The molecule has 8 heteroatoms. The number of fused-ring (bicyclic) bond motifs is 1. The van der Waals surface area contributed by atoms with E-state index >= 15 is 0 Å². The van der Waals surface area contributed by atoms with Crippen molar-refractivity contribution in [3.63, 3.8) is 0 Å². The zero-order valence-electron chi connectivity index (χ0n) is 16.5. The SMILES string of the molecule is Cc1cc(OCCCC=NOSc2ccc(Cl)cc2)cc2c1NC(=O)OC2(C)C. The maximum absolute atomic E-state index is 11.7. The van der Waals surface area contributed by atoms with Gasteiger partial charge in [-0.25, -0.2) is 4.79 Å². The second kappa shape index (κ2) is 9.41. The molecule has 154 valence electrons. The minimum absolute atomic E-state index is 0.435. The van der Waals surface area contributed by atoms with Crippen molar-refractivity contribution in [2.75, 3.05) is 11.9 Å². The number of nitrogens with one attached hydrogen (secondary N) is 1. The van der Waals surface area contributed by atoms with Gasteiger partial charge in [0.25, 0.3) is 0 Å². The van der Waals surface area contributed by atoms with Crippen molar-refractivity contribution in [2.45, 2.75) is 44.1 Å². The summed E-state index contributed by atoms with van der Waals surface area (Å²) in [5.74, 6) is 0.751. The normalized spacial score (nSPS) is 14.8. The lowest BCUT2D eigenvalue weighted by Crippen LogP contribution is -2.35. The Kier molecular flexibility index (Phi) is 6.92. The fraction of sp³-hybridized carbons (Fsp3) is 0.333. The lowest BCUT2D eigenvalue weighted by molar-refractivity contribution is 0.0417. The number of amides is 1. The maximum Gasteiger partial charge on any atom is 0.412 e. The highest BCUT2D eigenvalue weighted by molar-refractivity contribution is 7.94. The van der Waals surface area contributed by atoms with Crippen LogP contribution in [-0.4, -0.2) is 18.9 Å². The smallest absolute Gasteiger partial charge is 0.412 e. The number of anilines is 1. The second-order valence-electron chi connectivity index (χ2n) is 7.08. The molecule has 0 aliphatic carbocycles. The Morgan fingerprint density at radius 3 is 2.79 bits per heavy atom. The Labute approximate surface area is 179 Å². The van der Waals surface area contributed by atoms with Crippen molar-refractivity contribution >= 4 is 41.6 Å². The third-order valence-corrected chi connectivity index (χ3v) is 5.22. The molecule has 29 heavy (non-hydrogen) atoms. The van der Waals surface area contributed by atoms with Crippen molar-refractivity contribution in [3.05, 3.63) is 52.5 Å². The third-order valence-electron chi connectivity index (χ3n) is 4.34. The van der Waals surface area contributed by atoms with E-state index in [9.17, 15) is 4.79 Å². The fourth-order valence-electron chi connectivity index (χ4n) is 2.89. The number of oxime groups is 1. The van der Waals surface area contributed by atoms with Crippen molar-refractivity contribution in [1.82, 2.24) is 0 Å². The zero-order chi connectivity index (χ0) is 20.9. The van der Waals surface area contributed by atoms with E-state index in [-0.39, 0.29) is 0 Å². The molecule has 1 aliphatic heterocycles. The van der Waals surface area contributed by atoms with Gasteiger partial charge in [0.2, 0.25) is 0 Å². The highest BCUT2D eigenvalue weighted by Gasteiger charge is 2.34. The molecular weight excluding hydrogens is 412 g/mol. The number of aryl methyl sites for hydroxylation is 1. The van der Waals surface area contributed by atoms with Crippen LogP contribution in [0.3, 0.4) is 0 Å². The number of benzene rings is 2. The number of rotatable bonds is 8. The van der Waals surface area contributed by atoms with Crippen LogP contribution >= 0.6 is 23.6 Å². The van der Waals surface area contributed by atoms with E-state index < -0.39 is 11.7 Å². The molecule has 0 unspecified atom stereocenters. The molecule has 0 fully saturated rings. The van der Waals surface area contributed by atoms with Gasteiger partial charge in [0.15, 0.2) is 0 Å². The molecule has 0 atom stereocenters. The fourth-order valence-corrected chi connectivity index (χ4v) is 3.46. The third kappa shape index (κ3) is 5.81. The summed E-state index contributed by atoms with van der Waals surface area (Å²) in [6.07, 6.45) is 2.81. The number of ether oxygens (including phenoxy) is 2. The first kappa shape index (κ1) is 21.3. The molecule has 0 bridgehead atoms. The Bertz CT molecular complexity index is 900. The van der Waals surface area contributed by atoms with Gasteiger partial charge in [-0.3, -0.25) is 5.32 Å². The Morgan fingerprint density at radius 2 is 2.03 bits per heavy atom. The molecule has 2 aromatic rings. The van der Waals surface area contributed by atoms with Crippen molar-refractivity contribution < 1.29 is 18.6 Å². The number of cyclic esters (lactones) is 1. The molecular formula is C21H23ClN2O4S. The second-order valence-corrected chi connectivity index (χ2v) is 8.30. The molecule has 0 saturated heterocycles. The van der Waals surface area contributed by atoms with E-state index in [1.165, 1.54) is 12.0 Å². The highest BCUT2D eigenvalue weighted by atomic mass is 35.5. The van der Waals surface area contributed by atoms with Crippen LogP contribution in [0.25, 0.3) is 0 Å². The summed E-state index contributed by atoms with van der Waals surface area (Å²) >= 11 is 7.01. The highest BCUT2D eigenvalue weighted by Crippen LogP contribution is 2.39. The molecule has 2 aromatic carbocycles. The summed E-state index contributed by atoms with van der Waals surface area (Å²) in [5, 5.41) is 7.38. The Balaban J connectivity index is 1.43. The predicted molar refractivity (Wildman–Crippen MR) is 116 cm³/mol. The number of halogens is 1. The van der Waals surface area contributed by atoms with Crippen LogP contribution in [0.1, 0.15) is 37.8 Å². The lowest BCUT2D eigenvalue weighted by Gasteiger charge is -2.33. The maximum atomic E-state index is 11.7. The molecule has 3 rings (SSSR count). The van der Waals surface area contributed by atoms with Crippen molar-refractivity contribution in [1.29, 1.82) is 0 Å². The number of carbonyl (C=O) groups is 1. The summed E-state index contributed by atoms with van der Waals surface area (Å²) in [7, 11) is 0. The topological polar surface area (TPSA) is 69.2 Å². The predicted octanol–water partition coefficient (Wildman–Crippen LogP) is 6.31. The van der Waals surface area contributed by atoms with Gasteiger partial charge in [0.1, 0.15) is 23.4 Å². The van der Waals surface area contributed by atoms with Crippen LogP contribution in [0.2, 0.25) is 5.02 Å². The first-order chi connectivity index (χ1) is 13.8. The number of carbonyl (C=O) groups excluding carboxylic acids is 1. The summed E-state index contributed by atoms with van der Waals surface area (Å²) in [6.45, 7) is 6.22. The number of unbranched alkanes of at least 4 members (excludes halogenated alkanes) is 1. The van der Waals surface area contributed by atoms with E-state index in [2.05, 4.69) is 10.5 Å². The van der Waals surface area contributed by atoms with Crippen LogP contribution in [0, 0.1) is 6.92 Å². The minimum Gasteiger partial charge on any atom is -0.494 e.